The average Bonchev–Trinajstić information content (AvgIpc) is 2.92. The Morgan fingerprint density at radius 3 is 2.86 bits per heavy atom. The molecule has 0 saturated carbocycles. The van der Waals surface area contributed by atoms with Crippen LogP contribution < -0.4 is 5.32 Å². The molecule has 2 aromatic carbocycles. The Morgan fingerprint density at radius 2 is 2.09 bits per heavy atom. The van der Waals surface area contributed by atoms with E-state index in [1.165, 1.54) is 0 Å². The number of amides is 1. The third kappa shape index (κ3) is 3.12. The lowest BCUT2D eigenvalue weighted by Crippen LogP contribution is -2.14. The number of aromatic nitrogens is 1. The molecule has 0 saturated heterocycles. The van der Waals surface area contributed by atoms with Gasteiger partial charge in [0.15, 0.2) is 11.5 Å². The minimum atomic E-state index is -0.119. The van der Waals surface area contributed by atoms with Gasteiger partial charge in [0.1, 0.15) is 5.52 Å². The Kier molecular flexibility index (Phi) is 4.11. The largest absolute Gasteiger partial charge is 0.441 e. The molecule has 1 heterocycles. The number of rotatable bonds is 4. The molecule has 1 amide bonds. The van der Waals surface area contributed by atoms with E-state index in [0.717, 1.165) is 23.1 Å². The summed E-state index contributed by atoms with van der Waals surface area (Å²) in [5, 5.41) is 3.45. The monoisotopic (exact) mass is 314 g/mol. The van der Waals surface area contributed by atoms with Gasteiger partial charge in [-0.1, -0.05) is 36.7 Å². The number of hydrogen-bond acceptors (Lipinski definition) is 3. The van der Waals surface area contributed by atoms with Crippen LogP contribution in [0.1, 0.15) is 18.4 Å². The number of carbonyl (C=O) groups excluding carboxylic acids is 1. The fourth-order valence-electron chi connectivity index (χ4n) is 2.22. The summed E-state index contributed by atoms with van der Waals surface area (Å²) in [7, 11) is 0. The molecule has 0 aliphatic carbocycles. The number of aryl methyl sites for hydroxylation is 1. The molecule has 0 aliphatic heterocycles. The number of nitrogens with zero attached hydrogens (tertiary/aromatic N) is 1. The van der Waals surface area contributed by atoms with Crippen LogP contribution in [0.25, 0.3) is 11.1 Å². The summed E-state index contributed by atoms with van der Waals surface area (Å²) in [6.45, 7) is 1.98. The van der Waals surface area contributed by atoms with E-state index in [9.17, 15) is 4.79 Å². The SMILES string of the molecule is CCc1nc2cc(NC(=O)Cc3ccccc3Cl)ccc2o1. The summed E-state index contributed by atoms with van der Waals surface area (Å²) >= 11 is 6.07. The lowest BCUT2D eigenvalue weighted by molar-refractivity contribution is -0.115. The van der Waals surface area contributed by atoms with Gasteiger partial charge in [-0.05, 0) is 29.8 Å². The molecule has 4 nitrogen and oxygen atoms in total. The van der Waals surface area contributed by atoms with Gasteiger partial charge < -0.3 is 9.73 Å². The van der Waals surface area contributed by atoms with Gasteiger partial charge in [0.2, 0.25) is 5.91 Å². The van der Waals surface area contributed by atoms with Crippen LogP contribution in [0, 0.1) is 0 Å². The van der Waals surface area contributed by atoms with Crippen LogP contribution in [0.4, 0.5) is 5.69 Å². The quantitative estimate of drug-likeness (QED) is 0.784. The van der Waals surface area contributed by atoms with Crippen molar-refractivity contribution in [3.05, 3.63) is 58.9 Å². The van der Waals surface area contributed by atoms with E-state index >= 15 is 0 Å². The zero-order valence-electron chi connectivity index (χ0n) is 12.1. The number of carbonyl (C=O) groups is 1. The summed E-state index contributed by atoms with van der Waals surface area (Å²) in [5.74, 6) is 0.571. The first-order valence-electron chi connectivity index (χ1n) is 7.08. The van der Waals surface area contributed by atoms with Crippen LogP contribution in [0.15, 0.2) is 46.9 Å². The third-order valence-corrected chi connectivity index (χ3v) is 3.70. The first kappa shape index (κ1) is 14.6. The van der Waals surface area contributed by atoms with E-state index in [2.05, 4.69) is 10.3 Å². The molecule has 0 spiro atoms. The molecule has 0 unspecified atom stereocenters. The minimum absolute atomic E-state index is 0.119. The summed E-state index contributed by atoms with van der Waals surface area (Å²) in [6, 6.07) is 12.7. The zero-order valence-corrected chi connectivity index (χ0v) is 12.9. The summed E-state index contributed by atoms with van der Waals surface area (Å²) in [4.78, 5) is 16.5. The van der Waals surface area contributed by atoms with Gasteiger partial charge in [-0.2, -0.15) is 0 Å². The molecule has 3 aromatic rings. The normalized spacial score (nSPS) is 10.8. The molecule has 0 radical (unpaired) electrons. The highest BCUT2D eigenvalue weighted by molar-refractivity contribution is 6.31. The van der Waals surface area contributed by atoms with Gasteiger partial charge in [0, 0.05) is 17.1 Å². The van der Waals surface area contributed by atoms with Crippen LogP contribution in [-0.2, 0) is 17.6 Å². The van der Waals surface area contributed by atoms with Crippen molar-refractivity contribution in [2.75, 3.05) is 5.32 Å². The maximum absolute atomic E-state index is 12.1. The van der Waals surface area contributed by atoms with Crippen LogP contribution in [-0.4, -0.2) is 10.9 Å². The highest BCUT2D eigenvalue weighted by Gasteiger charge is 2.09. The number of benzene rings is 2. The van der Waals surface area contributed by atoms with E-state index < -0.39 is 0 Å². The maximum Gasteiger partial charge on any atom is 0.228 e. The Morgan fingerprint density at radius 1 is 1.27 bits per heavy atom. The Balaban J connectivity index is 1.75. The van der Waals surface area contributed by atoms with Crippen molar-refractivity contribution in [2.45, 2.75) is 19.8 Å². The first-order valence-corrected chi connectivity index (χ1v) is 7.46. The van der Waals surface area contributed by atoms with E-state index in [1.807, 2.05) is 37.3 Å². The van der Waals surface area contributed by atoms with Crippen molar-refractivity contribution in [3.8, 4) is 0 Å². The third-order valence-electron chi connectivity index (χ3n) is 3.33. The fourth-order valence-corrected chi connectivity index (χ4v) is 2.43. The molecule has 0 bridgehead atoms. The Labute approximate surface area is 133 Å². The molecule has 5 heteroatoms. The van der Waals surface area contributed by atoms with Crippen molar-refractivity contribution in [3.63, 3.8) is 0 Å². The molecule has 3 rings (SSSR count). The summed E-state index contributed by atoms with van der Waals surface area (Å²) in [5.41, 5.74) is 2.96. The molecule has 0 aliphatic rings. The van der Waals surface area contributed by atoms with Gasteiger partial charge in [-0.25, -0.2) is 4.98 Å². The molecular weight excluding hydrogens is 300 g/mol. The fraction of sp³-hybridized carbons (Fsp3) is 0.176. The van der Waals surface area contributed by atoms with Crippen LogP contribution in [0.3, 0.4) is 0 Å². The van der Waals surface area contributed by atoms with E-state index in [4.69, 9.17) is 16.0 Å². The number of oxazole rings is 1. The lowest BCUT2D eigenvalue weighted by atomic mass is 10.1. The highest BCUT2D eigenvalue weighted by Crippen LogP contribution is 2.21. The molecule has 0 fully saturated rings. The molecular formula is C17H15ClN2O2. The number of hydrogen-bond donors (Lipinski definition) is 1. The standard InChI is InChI=1S/C17H15ClN2O2/c1-2-17-20-14-10-12(7-8-15(14)22-17)19-16(21)9-11-5-3-4-6-13(11)18/h3-8,10H,2,9H2,1H3,(H,19,21). The number of halogens is 1. The second-order valence-electron chi connectivity index (χ2n) is 4.96. The van der Waals surface area contributed by atoms with E-state index in [-0.39, 0.29) is 12.3 Å². The van der Waals surface area contributed by atoms with E-state index in [0.29, 0.717) is 16.6 Å². The number of anilines is 1. The van der Waals surface area contributed by atoms with E-state index in [1.54, 1.807) is 12.1 Å². The van der Waals surface area contributed by atoms with Crippen molar-refractivity contribution in [2.24, 2.45) is 0 Å². The minimum Gasteiger partial charge on any atom is -0.441 e. The van der Waals surface area contributed by atoms with Crippen molar-refractivity contribution >= 4 is 34.3 Å². The van der Waals surface area contributed by atoms with Crippen LogP contribution in [0.2, 0.25) is 5.02 Å². The van der Waals surface area contributed by atoms with Gasteiger partial charge in [-0.3, -0.25) is 4.79 Å². The Hall–Kier alpha value is -2.33. The topological polar surface area (TPSA) is 55.1 Å². The molecule has 1 N–H and O–H groups in total. The smallest absolute Gasteiger partial charge is 0.228 e. The summed E-state index contributed by atoms with van der Waals surface area (Å²) < 4.78 is 5.55. The zero-order chi connectivity index (χ0) is 15.5. The van der Waals surface area contributed by atoms with Gasteiger partial charge >= 0.3 is 0 Å². The predicted molar refractivity (Wildman–Crippen MR) is 87.2 cm³/mol. The molecule has 0 atom stereocenters. The molecule has 112 valence electrons. The predicted octanol–water partition coefficient (Wildman–Crippen LogP) is 4.22. The van der Waals surface area contributed by atoms with Crippen molar-refractivity contribution in [1.82, 2.24) is 4.98 Å². The number of fused-ring (bicyclic) bond motifs is 1. The van der Waals surface area contributed by atoms with Crippen LogP contribution in [0.5, 0.6) is 0 Å². The van der Waals surface area contributed by atoms with Gasteiger partial charge in [0.25, 0.3) is 0 Å². The van der Waals surface area contributed by atoms with Gasteiger partial charge in [0.05, 0.1) is 6.42 Å². The molecule has 22 heavy (non-hydrogen) atoms. The Bertz CT molecular complexity index is 826. The highest BCUT2D eigenvalue weighted by atomic mass is 35.5. The van der Waals surface area contributed by atoms with Crippen molar-refractivity contribution in [1.29, 1.82) is 0 Å². The van der Waals surface area contributed by atoms with Crippen molar-refractivity contribution < 1.29 is 9.21 Å². The lowest BCUT2D eigenvalue weighted by Gasteiger charge is -2.06. The second kappa shape index (κ2) is 6.20. The molecule has 1 aromatic heterocycles. The average molecular weight is 315 g/mol. The van der Waals surface area contributed by atoms with Crippen LogP contribution >= 0.6 is 11.6 Å². The van der Waals surface area contributed by atoms with Gasteiger partial charge in [-0.15, -0.1) is 0 Å². The summed E-state index contributed by atoms with van der Waals surface area (Å²) in [6.07, 6.45) is 0.972. The maximum atomic E-state index is 12.1. The number of nitrogens with one attached hydrogen (secondary N) is 1. The second-order valence-corrected chi connectivity index (χ2v) is 5.37. The first-order chi connectivity index (χ1) is 10.7.